The Labute approximate surface area is 120 Å². The minimum Gasteiger partial charge on any atom is -0.312 e. The molecule has 2 aliphatic rings. The lowest BCUT2D eigenvalue weighted by Crippen LogP contribution is -2.38. The van der Waals surface area contributed by atoms with Gasteiger partial charge in [-0.2, -0.15) is 5.10 Å². The topological polar surface area (TPSA) is 33.1 Å². The molecule has 0 amide bonds. The predicted molar refractivity (Wildman–Crippen MR) is 77.4 cm³/mol. The molecule has 1 aromatic heterocycles. The number of hydrogen-bond acceptors (Lipinski definition) is 3. The summed E-state index contributed by atoms with van der Waals surface area (Å²) >= 11 is 6.34. The molecule has 3 rings (SSSR count). The van der Waals surface area contributed by atoms with Crippen molar-refractivity contribution < 1.29 is 0 Å². The van der Waals surface area contributed by atoms with Crippen molar-refractivity contribution in [2.24, 2.45) is 7.05 Å². The third kappa shape index (κ3) is 2.96. The summed E-state index contributed by atoms with van der Waals surface area (Å²) in [5.74, 6) is 0. The highest BCUT2D eigenvalue weighted by Gasteiger charge is 2.28. The maximum absolute atomic E-state index is 6.34. The van der Waals surface area contributed by atoms with Gasteiger partial charge in [-0.05, 0) is 39.2 Å². The van der Waals surface area contributed by atoms with E-state index in [1.807, 2.05) is 7.05 Å². The first-order valence-electron chi connectivity index (χ1n) is 7.30. The first-order chi connectivity index (χ1) is 9.15. The second kappa shape index (κ2) is 5.43. The van der Waals surface area contributed by atoms with Gasteiger partial charge in [-0.15, -0.1) is 0 Å². The minimum absolute atomic E-state index is 0.663. The number of aromatic nitrogens is 2. The van der Waals surface area contributed by atoms with Crippen LogP contribution in [0.2, 0.25) is 5.15 Å². The quantitative estimate of drug-likeness (QED) is 0.898. The molecule has 1 N–H and O–H groups in total. The molecule has 0 radical (unpaired) electrons. The monoisotopic (exact) mass is 282 g/mol. The molecule has 1 aromatic rings. The molecular weight excluding hydrogens is 260 g/mol. The molecular formula is C14H23ClN4. The Morgan fingerprint density at radius 2 is 2.16 bits per heavy atom. The Kier molecular flexibility index (Phi) is 3.83. The Morgan fingerprint density at radius 1 is 1.37 bits per heavy atom. The van der Waals surface area contributed by atoms with E-state index in [0.717, 1.165) is 30.0 Å². The van der Waals surface area contributed by atoms with Crippen molar-refractivity contribution in [1.82, 2.24) is 20.0 Å². The first-order valence-corrected chi connectivity index (χ1v) is 7.68. The lowest BCUT2D eigenvalue weighted by molar-refractivity contribution is 0.238. The number of nitrogens with zero attached hydrogens (tertiary/aromatic N) is 3. The highest BCUT2D eigenvalue weighted by Crippen LogP contribution is 2.26. The molecule has 2 fully saturated rings. The number of likely N-dealkylation sites (tertiary alicyclic amines) is 1. The summed E-state index contributed by atoms with van der Waals surface area (Å²) in [5, 5.41) is 8.85. The van der Waals surface area contributed by atoms with Crippen molar-refractivity contribution in [3.8, 4) is 0 Å². The van der Waals surface area contributed by atoms with Crippen LogP contribution in [-0.4, -0.2) is 39.9 Å². The van der Waals surface area contributed by atoms with Gasteiger partial charge < -0.3 is 5.32 Å². The molecule has 1 aliphatic heterocycles. The average Bonchev–Trinajstić information content (AvgIpc) is 3.06. The number of halogens is 1. The molecule has 2 heterocycles. The van der Waals surface area contributed by atoms with Crippen molar-refractivity contribution >= 4 is 11.6 Å². The number of aryl methyl sites for hydroxylation is 2. The van der Waals surface area contributed by atoms with Gasteiger partial charge in [0.15, 0.2) is 0 Å². The fraction of sp³-hybridized carbons (Fsp3) is 0.786. The molecule has 4 nitrogen and oxygen atoms in total. The van der Waals surface area contributed by atoms with Crippen LogP contribution in [0.25, 0.3) is 0 Å². The van der Waals surface area contributed by atoms with Crippen molar-refractivity contribution in [3.05, 3.63) is 16.4 Å². The summed E-state index contributed by atoms with van der Waals surface area (Å²) in [4.78, 5) is 2.56. The van der Waals surface area contributed by atoms with Gasteiger partial charge in [-0.3, -0.25) is 9.58 Å². The molecule has 1 atom stereocenters. The highest BCUT2D eigenvalue weighted by molar-refractivity contribution is 6.30. The van der Waals surface area contributed by atoms with Gasteiger partial charge in [0.25, 0.3) is 0 Å². The molecule has 0 bridgehead atoms. The van der Waals surface area contributed by atoms with Gasteiger partial charge in [-0.1, -0.05) is 11.6 Å². The Bertz CT molecular complexity index is 453. The fourth-order valence-corrected chi connectivity index (χ4v) is 3.22. The van der Waals surface area contributed by atoms with Gasteiger partial charge in [0.1, 0.15) is 5.15 Å². The molecule has 1 saturated carbocycles. The molecule has 0 aromatic carbocycles. The van der Waals surface area contributed by atoms with Crippen molar-refractivity contribution in [3.63, 3.8) is 0 Å². The molecule has 0 spiro atoms. The van der Waals surface area contributed by atoms with E-state index >= 15 is 0 Å². The van der Waals surface area contributed by atoms with E-state index in [2.05, 4.69) is 22.2 Å². The molecule has 1 saturated heterocycles. The molecule has 19 heavy (non-hydrogen) atoms. The van der Waals surface area contributed by atoms with Crippen molar-refractivity contribution in [1.29, 1.82) is 0 Å². The van der Waals surface area contributed by atoms with E-state index < -0.39 is 0 Å². The zero-order valence-corrected chi connectivity index (χ0v) is 12.6. The first kappa shape index (κ1) is 13.4. The maximum Gasteiger partial charge on any atom is 0.131 e. The summed E-state index contributed by atoms with van der Waals surface area (Å²) in [5.41, 5.74) is 2.26. The predicted octanol–water partition coefficient (Wildman–Crippen LogP) is 2.10. The zero-order chi connectivity index (χ0) is 13.4. The van der Waals surface area contributed by atoms with E-state index in [4.69, 9.17) is 11.6 Å². The van der Waals surface area contributed by atoms with Gasteiger partial charge >= 0.3 is 0 Å². The fourth-order valence-electron chi connectivity index (χ4n) is 2.98. The number of rotatable bonds is 5. The maximum atomic E-state index is 6.34. The van der Waals surface area contributed by atoms with Crippen LogP contribution in [0.15, 0.2) is 0 Å². The molecule has 1 aliphatic carbocycles. The zero-order valence-electron chi connectivity index (χ0n) is 11.8. The second-order valence-corrected chi connectivity index (χ2v) is 6.29. The van der Waals surface area contributed by atoms with Gasteiger partial charge in [-0.25, -0.2) is 0 Å². The van der Waals surface area contributed by atoms with Crippen molar-refractivity contribution in [2.45, 2.75) is 51.2 Å². The molecule has 1 unspecified atom stereocenters. The van der Waals surface area contributed by atoms with E-state index in [-0.39, 0.29) is 0 Å². The standard InChI is InChI=1S/C14H23ClN4/c1-10-13(14(15)18(2)17-10)9-19-7-3-4-12(19)8-16-11-5-6-11/h11-12,16H,3-9H2,1-2H3. The Hall–Kier alpha value is -0.580. The van der Waals surface area contributed by atoms with Crippen LogP contribution in [0, 0.1) is 6.92 Å². The smallest absolute Gasteiger partial charge is 0.131 e. The largest absolute Gasteiger partial charge is 0.312 e. The SMILES string of the molecule is Cc1nn(C)c(Cl)c1CN1CCCC1CNC1CC1. The number of nitrogens with one attached hydrogen (secondary N) is 1. The normalized spacial score (nSPS) is 24.3. The second-order valence-electron chi connectivity index (χ2n) is 5.93. The lowest BCUT2D eigenvalue weighted by atomic mass is 10.2. The third-order valence-corrected chi connectivity index (χ3v) is 4.82. The lowest BCUT2D eigenvalue weighted by Gasteiger charge is -2.24. The highest BCUT2D eigenvalue weighted by atomic mass is 35.5. The van der Waals surface area contributed by atoms with Crippen LogP contribution >= 0.6 is 11.6 Å². The third-order valence-electron chi connectivity index (χ3n) is 4.35. The number of hydrogen-bond donors (Lipinski definition) is 1. The van der Waals surface area contributed by atoms with E-state index in [0.29, 0.717) is 6.04 Å². The average molecular weight is 283 g/mol. The van der Waals surface area contributed by atoms with Crippen LogP contribution in [0.1, 0.15) is 36.9 Å². The Balaban J connectivity index is 1.63. The van der Waals surface area contributed by atoms with Crippen molar-refractivity contribution in [2.75, 3.05) is 13.1 Å². The van der Waals surface area contributed by atoms with Crippen LogP contribution in [0.5, 0.6) is 0 Å². The van der Waals surface area contributed by atoms with Gasteiger partial charge in [0.05, 0.1) is 5.69 Å². The van der Waals surface area contributed by atoms with Gasteiger partial charge in [0.2, 0.25) is 0 Å². The van der Waals surface area contributed by atoms with Crippen LogP contribution in [-0.2, 0) is 13.6 Å². The summed E-state index contributed by atoms with van der Waals surface area (Å²) < 4.78 is 1.78. The summed E-state index contributed by atoms with van der Waals surface area (Å²) in [6.07, 6.45) is 5.32. The van der Waals surface area contributed by atoms with Crippen LogP contribution in [0.4, 0.5) is 0 Å². The van der Waals surface area contributed by atoms with E-state index in [1.54, 1.807) is 4.68 Å². The summed E-state index contributed by atoms with van der Waals surface area (Å²) in [7, 11) is 1.91. The summed E-state index contributed by atoms with van der Waals surface area (Å²) in [6.45, 7) is 5.30. The Morgan fingerprint density at radius 3 is 2.79 bits per heavy atom. The van der Waals surface area contributed by atoms with Crippen LogP contribution in [0.3, 0.4) is 0 Å². The minimum atomic E-state index is 0.663. The molecule has 106 valence electrons. The van der Waals surface area contributed by atoms with Gasteiger partial charge in [0, 0.05) is 37.8 Å². The molecule has 5 heteroatoms. The summed E-state index contributed by atoms with van der Waals surface area (Å²) in [6, 6.07) is 1.46. The van der Waals surface area contributed by atoms with E-state index in [1.165, 1.54) is 37.8 Å². The van der Waals surface area contributed by atoms with E-state index in [9.17, 15) is 0 Å². The van der Waals surface area contributed by atoms with Crippen LogP contribution < -0.4 is 5.32 Å².